The Morgan fingerprint density at radius 1 is 1.00 bits per heavy atom. The number of hydrogen-bond acceptors (Lipinski definition) is 3. The smallest absolute Gasteiger partial charge is 0.335 e. The lowest BCUT2D eigenvalue weighted by Gasteiger charge is -2.26. The van der Waals surface area contributed by atoms with Crippen LogP contribution in [0.3, 0.4) is 0 Å². The van der Waals surface area contributed by atoms with Crippen molar-refractivity contribution in [2.75, 3.05) is 19.6 Å². The first-order chi connectivity index (χ1) is 12.1. The number of likely N-dealkylation sites (tertiary alicyclic amines) is 1. The molecule has 2 aromatic rings. The van der Waals surface area contributed by atoms with Gasteiger partial charge < -0.3 is 14.6 Å². The highest BCUT2D eigenvalue weighted by Gasteiger charge is 2.11. The molecule has 1 saturated heterocycles. The van der Waals surface area contributed by atoms with Gasteiger partial charge in [0.2, 0.25) is 0 Å². The summed E-state index contributed by atoms with van der Waals surface area (Å²) in [6, 6.07) is 10.1. The maximum atomic E-state index is 12.7. The molecule has 2 heterocycles. The van der Waals surface area contributed by atoms with Gasteiger partial charge in [-0.3, -0.25) is 4.79 Å². The Morgan fingerprint density at radius 3 is 2.40 bits per heavy atom. The van der Waals surface area contributed by atoms with E-state index in [1.807, 2.05) is 12.3 Å². The third kappa shape index (κ3) is 4.37. The summed E-state index contributed by atoms with van der Waals surface area (Å²) in [5.41, 5.74) is 1.56. The van der Waals surface area contributed by atoms with Crippen LogP contribution in [0, 0.1) is 0 Å². The summed E-state index contributed by atoms with van der Waals surface area (Å²) >= 11 is 0. The van der Waals surface area contributed by atoms with Crippen LogP contribution in [-0.4, -0.2) is 40.2 Å². The molecule has 0 atom stereocenters. The van der Waals surface area contributed by atoms with Gasteiger partial charge in [-0.1, -0.05) is 18.6 Å². The van der Waals surface area contributed by atoms with Gasteiger partial charge in [0.1, 0.15) is 0 Å². The second-order valence-electron chi connectivity index (χ2n) is 6.56. The summed E-state index contributed by atoms with van der Waals surface area (Å²) in [6.45, 7) is 4.08. The zero-order chi connectivity index (χ0) is 17.6. The fourth-order valence-corrected chi connectivity index (χ4v) is 3.37. The van der Waals surface area contributed by atoms with E-state index in [9.17, 15) is 9.59 Å². The van der Waals surface area contributed by atoms with E-state index < -0.39 is 5.97 Å². The third-order valence-corrected chi connectivity index (χ3v) is 4.79. The summed E-state index contributed by atoms with van der Waals surface area (Å²) < 4.78 is 1.75. The van der Waals surface area contributed by atoms with E-state index in [2.05, 4.69) is 4.90 Å². The predicted molar refractivity (Wildman–Crippen MR) is 98.0 cm³/mol. The second kappa shape index (κ2) is 8.12. The largest absolute Gasteiger partial charge is 0.478 e. The molecule has 25 heavy (non-hydrogen) atoms. The fourth-order valence-electron chi connectivity index (χ4n) is 3.37. The van der Waals surface area contributed by atoms with Gasteiger partial charge in [0.25, 0.3) is 5.56 Å². The molecule has 0 radical (unpaired) electrons. The van der Waals surface area contributed by atoms with Crippen molar-refractivity contribution in [2.24, 2.45) is 0 Å². The SMILES string of the molecule is O=C(O)c1ccc(-c2cccn(CCCN3CCCCC3)c2=O)cc1. The number of piperidine rings is 1. The molecule has 5 nitrogen and oxygen atoms in total. The van der Waals surface area contributed by atoms with Crippen LogP contribution in [0.5, 0.6) is 0 Å². The van der Waals surface area contributed by atoms with Crippen molar-refractivity contribution in [3.8, 4) is 11.1 Å². The number of pyridine rings is 1. The molecule has 1 aliphatic rings. The highest BCUT2D eigenvalue weighted by molar-refractivity contribution is 5.88. The van der Waals surface area contributed by atoms with Crippen LogP contribution >= 0.6 is 0 Å². The number of aryl methyl sites for hydroxylation is 1. The molecule has 1 aromatic carbocycles. The van der Waals surface area contributed by atoms with Crippen LogP contribution in [0.4, 0.5) is 0 Å². The summed E-state index contributed by atoms with van der Waals surface area (Å²) in [5, 5.41) is 8.98. The minimum atomic E-state index is -0.963. The molecule has 0 saturated carbocycles. The maximum Gasteiger partial charge on any atom is 0.335 e. The van der Waals surface area contributed by atoms with Gasteiger partial charge in [-0.2, -0.15) is 0 Å². The first-order valence-electron chi connectivity index (χ1n) is 8.91. The molecule has 0 aliphatic carbocycles. The van der Waals surface area contributed by atoms with Crippen molar-refractivity contribution in [3.63, 3.8) is 0 Å². The van der Waals surface area contributed by atoms with Crippen LogP contribution in [0.25, 0.3) is 11.1 Å². The third-order valence-electron chi connectivity index (χ3n) is 4.79. The monoisotopic (exact) mass is 340 g/mol. The van der Waals surface area contributed by atoms with Crippen molar-refractivity contribution in [1.29, 1.82) is 0 Å². The number of benzene rings is 1. The van der Waals surface area contributed by atoms with Crippen molar-refractivity contribution in [3.05, 3.63) is 58.5 Å². The van der Waals surface area contributed by atoms with Gasteiger partial charge >= 0.3 is 5.97 Å². The van der Waals surface area contributed by atoms with Crippen LogP contribution in [0.1, 0.15) is 36.0 Å². The maximum absolute atomic E-state index is 12.7. The number of aromatic nitrogens is 1. The summed E-state index contributed by atoms with van der Waals surface area (Å²) in [7, 11) is 0. The van der Waals surface area contributed by atoms with Gasteiger partial charge in [-0.05, 0) is 68.7 Å². The molecule has 132 valence electrons. The Balaban J connectivity index is 1.69. The van der Waals surface area contributed by atoms with E-state index in [4.69, 9.17) is 5.11 Å². The van der Waals surface area contributed by atoms with Crippen molar-refractivity contribution < 1.29 is 9.90 Å². The average molecular weight is 340 g/mol. The van der Waals surface area contributed by atoms with Crippen LogP contribution in [0.2, 0.25) is 0 Å². The second-order valence-corrected chi connectivity index (χ2v) is 6.56. The molecular formula is C20H24N2O3. The topological polar surface area (TPSA) is 62.5 Å². The summed E-state index contributed by atoms with van der Waals surface area (Å²) in [6.07, 6.45) is 6.68. The molecule has 3 rings (SSSR count). The number of aromatic carboxylic acids is 1. The lowest BCUT2D eigenvalue weighted by atomic mass is 10.1. The zero-order valence-electron chi connectivity index (χ0n) is 14.4. The fraction of sp³-hybridized carbons (Fsp3) is 0.400. The van der Waals surface area contributed by atoms with E-state index in [-0.39, 0.29) is 11.1 Å². The molecule has 1 aromatic heterocycles. The van der Waals surface area contributed by atoms with E-state index in [1.54, 1.807) is 22.8 Å². The molecule has 1 aliphatic heterocycles. The van der Waals surface area contributed by atoms with E-state index >= 15 is 0 Å². The minimum absolute atomic E-state index is 0.0239. The Morgan fingerprint density at radius 2 is 1.72 bits per heavy atom. The molecule has 0 spiro atoms. The number of rotatable bonds is 6. The summed E-state index contributed by atoms with van der Waals surface area (Å²) in [5.74, 6) is -0.963. The molecule has 1 fully saturated rings. The molecule has 1 N–H and O–H groups in total. The number of carboxylic acid groups (broad SMARTS) is 1. The Kier molecular flexibility index (Phi) is 5.66. The standard InChI is InChI=1S/C20H24N2O3/c23-19-18(16-7-9-17(10-8-16)20(24)25)6-4-14-22(19)15-5-13-21-11-2-1-3-12-21/h4,6-10,14H,1-3,5,11-13,15H2,(H,24,25). The number of hydrogen-bond donors (Lipinski definition) is 1. The Hall–Kier alpha value is -2.40. The van der Waals surface area contributed by atoms with Crippen LogP contribution in [-0.2, 0) is 6.54 Å². The molecule has 0 unspecified atom stereocenters. The zero-order valence-corrected chi connectivity index (χ0v) is 14.4. The van der Waals surface area contributed by atoms with Crippen molar-refractivity contribution >= 4 is 5.97 Å². The molecule has 5 heteroatoms. The van der Waals surface area contributed by atoms with Gasteiger partial charge in [0.05, 0.1) is 5.56 Å². The van der Waals surface area contributed by atoms with Crippen LogP contribution in [0.15, 0.2) is 47.4 Å². The van der Waals surface area contributed by atoms with Crippen molar-refractivity contribution in [1.82, 2.24) is 9.47 Å². The van der Waals surface area contributed by atoms with E-state index in [0.717, 1.165) is 18.5 Å². The van der Waals surface area contributed by atoms with E-state index in [1.165, 1.54) is 44.5 Å². The Labute approximate surface area is 147 Å². The average Bonchev–Trinajstić information content (AvgIpc) is 2.64. The Bertz CT molecular complexity index is 774. The predicted octanol–water partition coefficient (Wildman–Crippen LogP) is 3.09. The molecular weight excluding hydrogens is 316 g/mol. The first-order valence-corrected chi connectivity index (χ1v) is 8.91. The highest BCUT2D eigenvalue weighted by Crippen LogP contribution is 2.16. The first kappa shape index (κ1) is 17.4. The lowest BCUT2D eigenvalue weighted by Crippen LogP contribution is -2.31. The van der Waals surface area contributed by atoms with Gasteiger partial charge in [0.15, 0.2) is 0 Å². The summed E-state index contributed by atoms with van der Waals surface area (Å²) in [4.78, 5) is 26.1. The lowest BCUT2D eigenvalue weighted by molar-refractivity contribution is 0.0697. The van der Waals surface area contributed by atoms with Gasteiger partial charge in [-0.15, -0.1) is 0 Å². The molecule has 0 amide bonds. The van der Waals surface area contributed by atoms with E-state index in [0.29, 0.717) is 12.1 Å². The quantitative estimate of drug-likeness (QED) is 0.878. The van der Waals surface area contributed by atoms with Crippen LogP contribution < -0.4 is 5.56 Å². The normalized spacial score (nSPS) is 15.2. The minimum Gasteiger partial charge on any atom is -0.478 e. The van der Waals surface area contributed by atoms with Gasteiger partial charge in [0, 0.05) is 18.3 Å². The molecule has 0 bridgehead atoms. The number of carbonyl (C=O) groups is 1. The number of carboxylic acids is 1. The van der Waals surface area contributed by atoms with Crippen molar-refractivity contribution in [2.45, 2.75) is 32.2 Å². The highest BCUT2D eigenvalue weighted by atomic mass is 16.4. The number of nitrogens with zero attached hydrogens (tertiary/aromatic N) is 2. The van der Waals surface area contributed by atoms with Gasteiger partial charge in [-0.25, -0.2) is 4.79 Å².